The summed E-state index contributed by atoms with van der Waals surface area (Å²) in [7, 11) is 3.24. The van der Waals surface area contributed by atoms with E-state index in [0.717, 1.165) is 24.3 Å². The molecule has 0 aromatic heterocycles. The summed E-state index contributed by atoms with van der Waals surface area (Å²) in [5, 5.41) is 3.07. The summed E-state index contributed by atoms with van der Waals surface area (Å²) in [5.74, 6) is 2.57. The Morgan fingerprint density at radius 1 is 1.42 bits per heavy atom. The van der Waals surface area contributed by atoms with E-state index >= 15 is 0 Å². The van der Waals surface area contributed by atoms with Crippen LogP contribution in [0.3, 0.4) is 0 Å². The van der Waals surface area contributed by atoms with Crippen molar-refractivity contribution in [2.24, 2.45) is 16.6 Å². The SMILES string of the molecule is CC[C@@H]1C[C@H]1N=C(N)Nc1cc(OC)ccc1OC. The van der Waals surface area contributed by atoms with Gasteiger partial charge in [0.15, 0.2) is 5.96 Å². The van der Waals surface area contributed by atoms with E-state index in [1.54, 1.807) is 14.2 Å². The first-order chi connectivity index (χ1) is 9.17. The predicted octanol–water partition coefficient (Wildman–Crippen LogP) is 2.23. The van der Waals surface area contributed by atoms with Gasteiger partial charge in [0, 0.05) is 6.07 Å². The number of nitrogens with one attached hydrogen (secondary N) is 1. The Morgan fingerprint density at radius 2 is 2.21 bits per heavy atom. The van der Waals surface area contributed by atoms with Gasteiger partial charge in [0.25, 0.3) is 0 Å². The minimum atomic E-state index is 0.370. The van der Waals surface area contributed by atoms with Crippen LogP contribution >= 0.6 is 0 Å². The van der Waals surface area contributed by atoms with Crippen LogP contribution in [-0.4, -0.2) is 26.2 Å². The molecule has 0 bridgehead atoms. The zero-order chi connectivity index (χ0) is 13.8. The lowest BCUT2D eigenvalue weighted by molar-refractivity contribution is 0.405. The fraction of sp³-hybridized carbons (Fsp3) is 0.500. The summed E-state index contributed by atoms with van der Waals surface area (Å²) in [6.07, 6.45) is 2.29. The average molecular weight is 263 g/mol. The van der Waals surface area contributed by atoms with Crippen molar-refractivity contribution in [3.63, 3.8) is 0 Å². The molecule has 0 saturated heterocycles. The minimum Gasteiger partial charge on any atom is -0.497 e. The number of hydrogen-bond acceptors (Lipinski definition) is 3. The zero-order valence-corrected chi connectivity index (χ0v) is 11.6. The molecule has 5 heteroatoms. The van der Waals surface area contributed by atoms with E-state index in [1.807, 2.05) is 18.2 Å². The van der Waals surface area contributed by atoms with Gasteiger partial charge in [0.2, 0.25) is 0 Å². The molecule has 0 radical (unpaired) electrons. The zero-order valence-electron chi connectivity index (χ0n) is 11.6. The first-order valence-corrected chi connectivity index (χ1v) is 6.50. The van der Waals surface area contributed by atoms with Crippen LogP contribution < -0.4 is 20.5 Å². The molecule has 104 valence electrons. The number of guanidine groups is 1. The minimum absolute atomic E-state index is 0.370. The first-order valence-electron chi connectivity index (χ1n) is 6.50. The van der Waals surface area contributed by atoms with E-state index in [2.05, 4.69) is 17.2 Å². The Balaban J connectivity index is 2.09. The molecule has 0 heterocycles. The lowest BCUT2D eigenvalue weighted by Crippen LogP contribution is -2.23. The molecule has 0 unspecified atom stereocenters. The molecule has 1 fully saturated rings. The maximum absolute atomic E-state index is 5.92. The lowest BCUT2D eigenvalue weighted by Gasteiger charge is -2.12. The van der Waals surface area contributed by atoms with Crippen molar-refractivity contribution in [1.82, 2.24) is 0 Å². The predicted molar refractivity (Wildman–Crippen MR) is 77.0 cm³/mol. The van der Waals surface area contributed by atoms with Gasteiger partial charge < -0.3 is 20.5 Å². The number of nitrogens with zero attached hydrogens (tertiary/aromatic N) is 1. The fourth-order valence-corrected chi connectivity index (χ4v) is 2.09. The van der Waals surface area contributed by atoms with Crippen molar-refractivity contribution in [2.75, 3.05) is 19.5 Å². The van der Waals surface area contributed by atoms with Gasteiger partial charge in [-0.1, -0.05) is 13.3 Å². The monoisotopic (exact) mass is 263 g/mol. The van der Waals surface area contributed by atoms with Gasteiger partial charge >= 0.3 is 0 Å². The molecule has 2 atom stereocenters. The van der Waals surface area contributed by atoms with Gasteiger partial charge in [0.05, 0.1) is 25.9 Å². The topological polar surface area (TPSA) is 68.9 Å². The van der Waals surface area contributed by atoms with Crippen LogP contribution in [0.5, 0.6) is 11.5 Å². The molecular formula is C14H21N3O2. The fourth-order valence-electron chi connectivity index (χ4n) is 2.09. The molecule has 0 spiro atoms. The highest BCUT2D eigenvalue weighted by Crippen LogP contribution is 2.36. The average Bonchev–Trinajstić information content (AvgIpc) is 3.16. The van der Waals surface area contributed by atoms with Crippen molar-refractivity contribution in [2.45, 2.75) is 25.8 Å². The van der Waals surface area contributed by atoms with E-state index in [1.165, 1.54) is 0 Å². The number of aliphatic imine (C=N–C) groups is 1. The second-order valence-electron chi connectivity index (χ2n) is 4.68. The third kappa shape index (κ3) is 3.30. The van der Waals surface area contributed by atoms with Gasteiger partial charge in [-0.05, 0) is 24.5 Å². The highest BCUT2D eigenvalue weighted by Gasteiger charge is 2.35. The quantitative estimate of drug-likeness (QED) is 0.631. The van der Waals surface area contributed by atoms with Gasteiger partial charge in [-0.15, -0.1) is 0 Å². The molecule has 0 amide bonds. The number of benzene rings is 1. The van der Waals surface area contributed by atoms with Crippen molar-refractivity contribution >= 4 is 11.6 Å². The standard InChI is InChI=1S/C14H21N3O2/c1-4-9-7-11(9)16-14(15)17-12-8-10(18-2)5-6-13(12)19-3/h5-6,8-9,11H,4,7H2,1-3H3,(H3,15,16,17)/t9-,11-/m1/s1. The van der Waals surface area contributed by atoms with Crippen molar-refractivity contribution in [3.05, 3.63) is 18.2 Å². The second kappa shape index (κ2) is 5.82. The summed E-state index contributed by atoms with van der Waals surface area (Å²) in [6.45, 7) is 2.18. The molecular weight excluding hydrogens is 242 g/mol. The number of methoxy groups -OCH3 is 2. The third-order valence-electron chi connectivity index (χ3n) is 3.38. The number of hydrogen-bond donors (Lipinski definition) is 2. The number of rotatable bonds is 5. The Hall–Kier alpha value is -1.91. The van der Waals surface area contributed by atoms with E-state index < -0.39 is 0 Å². The molecule has 0 aliphatic heterocycles. The summed E-state index contributed by atoms with van der Waals surface area (Å²) in [5.41, 5.74) is 6.68. The maximum atomic E-state index is 5.92. The molecule has 1 aromatic carbocycles. The van der Waals surface area contributed by atoms with Crippen LogP contribution in [0.25, 0.3) is 0 Å². The normalized spacial score (nSPS) is 21.9. The van der Waals surface area contributed by atoms with E-state index in [-0.39, 0.29) is 0 Å². The Labute approximate surface area is 113 Å². The summed E-state index contributed by atoms with van der Waals surface area (Å²) < 4.78 is 10.5. The first kappa shape index (κ1) is 13.5. The van der Waals surface area contributed by atoms with Crippen molar-refractivity contribution < 1.29 is 9.47 Å². The van der Waals surface area contributed by atoms with Crippen molar-refractivity contribution in [1.29, 1.82) is 0 Å². The van der Waals surface area contributed by atoms with Gasteiger partial charge in [-0.25, -0.2) is 4.99 Å². The number of nitrogens with two attached hydrogens (primary N) is 1. The molecule has 1 aromatic rings. The summed E-state index contributed by atoms with van der Waals surface area (Å²) in [4.78, 5) is 4.45. The van der Waals surface area contributed by atoms with E-state index in [0.29, 0.717) is 23.7 Å². The van der Waals surface area contributed by atoms with Crippen LogP contribution in [0.2, 0.25) is 0 Å². The second-order valence-corrected chi connectivity index (χ2v) is 4.68. The Morgan fingerprint density at radius 3 is 2.79 bits per heavy atom. The summed E-state index contributed by atoms with van der Waals surface area (Å²) >= 11 is 0. The molecule has 2 rings (SSSR count). The van der Waals surface area contributed by atoms with Crippen LogP contribution in [0.4, 0.5) is 5.69 Å². The Kier molecular flexibility index (Phi) is 4.14. The molecule has 1 aliphatic rings. The van der Waals surface area contributed by atoms with E-state index in [9.17, 15) is 0 Å². The van der Waals surface area contributed by atoms with Crippen molar-refractivity contribution in [3.8, 4) is 11.5 Å². The molecule has 3 N–H and O–H groups in total. The highest BCUT2D eigenvalue weighted by atomic mass is 16.5. The molecule has 19 heavy (non-hydrogen) atoms. The van der Waals surface area contributed by atoms with Crippen LogP contribution in [0, 0.1) is 5.92 Å². The lowest BCUT2D eigenvalue weighted by atomic mass is 10.2. The van der Waals surface area contributed by atoms with Gasteiger partial charge in [-0.2, -0.15) is 0 Å². The summed E-state index contributed by atoms with van der Waals surface area (Å²) in [6, 6.07) is 5.88. The van der Waals surface area contributed by atoms with Gasteiger partial charge in [-0.3, -0.25) is 0 Å². The highest BCUT2D eigenvalue weighted by molar-refractivity contribution is 5.94. The third-order valence-corrected chi connectivity index (χ3v) is 3.38. The van der Waals surface area contributed by atoms with Crippen LogP contribution in [0.1, 0.15) is 19.8 Å². The number of ether oxygens (including phenoxy) is 2. The van der Waals surface area contributed by atoms with Crippen LogP contribution in [0.15, 0.2) is 23.2 Å². The molecule has 1 aliphatic carbocycles. The largest absolute Gasteiger partial charge is 0.497 e. The molecule has 1 saturated carbocycles. The van der Waals surface area contributed by atoms with Crippen LogP contribution in [-0.2, 0) is 0 Å². The Bertz CT molecular complexity index is 474. The van der Waals surface area contributed by atoms with E-state index in [4.69, 9.17) is 15.2 Å². The smallest absolute Gasteiger partial charge is 0.193 e. The van der Waals surface area contributed by atoms with Gasteiger partial charge in [0.1, 0.15) is 11.5 Å². The number of anilines is 1. The molecule has 5 nitrogen and oxygen atoms in total. The maximum Gasteiger partial charge on any atom is 0.193 e.